The third kappa shape index (κ3) is 6.12. The number of sulfonamides is 1. The van der Waals surface area contributed by atoms with Gasteiger partial charge in [0.25, 0.3) is 0 Å². The van der Waals surface area contributed by atoms with Crippen LogP contribution in [0, 0.1) is 0 Å². The van der Waals surface area contributed by atoms with Gasteiger partial charge in [-0.2, -0.15) is 4.31 Å². The minimum absolute atomic E-state index is 0.0695. The number of nitrogens with zero attached hydrogens (tertiary/aromatic N) is 2. The molecule has 3 aromatic carbocycles. The van der Waals surface area contributed by atoms with Crippen molar-refractivity contribution in [1.82, 2.24) is 14.5 Å². The van der Waals surface area contributed by atoms with Crippen molar-refractivity contribution >= 4 is 38.9 Å². The highest BCUT2D eigenvalue weighted by atomic mass is 32.2. The van der Waals surface area contributed by atoms with Crippen LogP contribution in [-0.2, 0) is 14.8 Å². The van der Waals surface area contributed by atoms with Crippen molar-refractivity contribution in [2.45, 2.75) is 17.9 Å². The molecule has 182 valence electrons. The Hall–Kier alpha value is -3.11. The number of carbonyl (C=O) groups excluding carboxylic acids is 1. The average Bonchev–Trinajstić information content (AvgIpc) is 2.86. The van der Waals surface area contributed by atoms with Crippen LogP contribution in [0.15, 0.2) is 89.8 Å². The summed E-state index contributed by atoms with van der Waals surface area (Å²) in [6.07, 6.45) is 0. The fourth-order valence-electron chi connectivity index (χ4n) is 4.27. The van der Waals surface area contributed by atoms with Crippen LogP contribution in [0.1, 0.15) is 24.1 Å². The number of carbonyl (C=O) groups is 1. The second-order valence-electron chi connectivity index (χ2n) is 8.32. The van der Waals surface area contributed by atoms with Crippen molar-refractivity contribution in [3.63, 3.8) is 0 Å². The zero-order valence-electron chi connectivity index (χ0n) is 19.4. The first-order valence-electron chi connectivity index (χ1n) is 11.4. The molecular weight excluding hydrogens is 480 g/mol. The maximum atomic E-state index is 13.3. The second kappa shape index (κ2) is 11.1. The molecule has 1 saturated heterocycles. The van der Waals surface area contributed by atoms with Gasteiger partial charge in [-0.15, -0.1) is 0 Å². The lowest BCUT2D eigenvalue weighted by atomic mass is 9.96. The number of rotatable bonds is 6. The van der Waals surface area contributed by atoms with Crippen LogP contribution in [0.4, 0.5) is 5.69 Å². The first-order valence-corrected chi connectivity index (χ1v) is 13.2. The Bertz CT molecular complexity index is 1220. The van der Waals surface area contributed by atoms with Crippen molar-refractivity contribution < 1.29 is 13.2 Å². The maximum absolute atomic E-state index is 13.3. The molecule has 7 nitrogen and oxygen atoms in total. The summed E-state index contributed by atoms with van der Waals surface area (Å²) < 4.78 is 28.1. The van der Waals surface area contributed by atoms with Crippen molar-refractivity contribution in [2.75, 3.05) is 31.5 Å². The lowest BCUT2D eigenvalue weighted by molar-refractivity contribution is -0.117. The highest BCUT2D eigenvalue weighted by molar-refractivity contribution is 7.89. The summed E-state index contributed by atoms with van der Waals surface area (Å²) in [5, 5.41) is 5.50. The number of anilines is 1. The van der Waals surface area contributed by atoms with Gasteiger partial charge in [0.05, 0.1) is 10.9 Å². The number of hydrogen-bond acceptors (Lipinski definition) is 5. The zero-order chi connectivity index (χ0) is 24.8. The lowest BCUT2D eigenvalue weighted by Gasteiger charge is -2.39. The summed E-state index contributed by atoms with van der Waals surface area (Å²) in [6, 6.07) is 27.1. The van der Waals surface area contributed by atoms with E-state index in [4.69, 9.17) is 12.2 Å². The molecule has 1 amide bonds. The van der Waals surface area contributed by atoms with Gasteiger partial charge >= 0.3 is 0 Å². The number of amides is 1. The Morgan fingerprint density at radius 2 is 1.34 bits per heavy atom. The molecule has 0 aliphatic carbocycles. The van der Waals surface area contributed by atoms with Gasteiger partial charge in [0.15, 0.2) is 5.11 Å². The van der Waals surface area contributed by atoms with Gasteiger partial charge in [-0.25, -0.2) is 8.42 Å². The Morgan fingerprint density at radius 1 is 0.829 bits per heavy atom. The van der Waals surface area contributed by atoms with Crippen molar-refractivity contribution in [3.8, 4) is 0 Å². The topological polar surface area (TPSA) is 81.8 Å². The van der Waals surface area contributed by atoms with Crippen LogP contribution in [0.2, 0.25) is 0 Å². The van der Waals surface area contributed by atoms with E-state index in [1.165, 1.54) is 18.1 Å². The summed E-state index contributed by atoms with van der Waals surface area (Å²) in [5.41, 5.74) is 2.98. The van der Waals surface area contributed by atoms with E-state index in [1.54, 1.807) is 28.6 Å². The Balaban J connectivity index is 1.45. The molecule has 9 heteroatoms. The predicted octanol–water partition coefficient (Wildman–Crippen LogP) is 3.62. The molecule has 4 rings (SSSR count). The van der Waals surface area contributed by atoms with Gasteiger partial charge in [-0.1, -0.05) is 60.7 Å². The van der Waals surface area contributed by atoms with Crippen LogP contribution < -0.4 is 10.6 Å². The summed E-state index contributed by atoms with van der Waals surface area (Å²) in [5.74, 6) is -0.275. The normalized spacial score (nSPS) is 15.0. The molecule has 1 fully saturated rings. The van der Waals surface area contributed by atoms with E-state index in [2.05, 4.69) is 39.8 Å². The van der Waals surface area contributed by atoms with Crippen LogP contribution in [0.3, 0.4) is 0 Å². The van der Waals surface area contributed by atoms with E-state index in [0.717, 1.165) is 0 Å². The quantitative estimate of drug-likeness (QED) is 0.495. The highest BCUT2D eigenvalue weighted by Gasteiger charge is 2.32. The molecule has 0 bridgehead atoms. The predicted molar refractivity (Wildman–Crippen MR) is 142 cm³/mol. The molecular formula is C26H28N4O3S2. The zero-order valence-corrected chi connectivity index (χ0v) is 21.1. The summed E-state index contributed by atoms with van der Waals surface area (Å²) in [6.45, 7) is 3.43. The van der Waals surface area contributed by atoms with Crippen LogP contribution >= 0.6 is 12.2 Å². The third-order valence-electron chi connectivity index (χ3n) is 5.91. The molecule has 1 aliphatic rings. The number of piperazine rings is 1. The van der Waals surface area contributed by atoms with E-state index in [1.807, 2.05) is 36.4 Å². The molecule has 0 aromatic heterocycles. The summed E-state index contributed by atoms with van der Waals surface area (Å²) in [7, 11) is -3.63. The largest absolute Gasteiger partial charge is 0.332 e. The lowest BCUT2D eigenvalue weighted by Crippen LogP contribution is -2.49. The van der Waals surface area contributed by atoms with Crippen molar-refractivity contribution in [2.24, 2.45) is 0 Å². The summed E-state index contributed by atoms with van der Waals surface area (Å²) in [4.78, 5) is 13.7. The Labute approximate surface area is 211 Å². The van der Waals surface area contributed by atoms with Gasteiger partial charge < -0.3 is 10.6 Å². The molecule has 2 N–H and O–H groups in total. The second-order valence-corrected chi connectivity index (χ2v) is 10.7. The highest BCUT2D eigenvalue weighted by Crippen LogP contribution is 2.30. The molecule has 0 radical (unpaired) electrons. The van der Waals surface area contributed by atoms with Crippen molar-refractivity contribution in [1.29, 1.82) is 0 Å². The van der Waals surface area contributed by atoms with E-state index < -0.39 is 10.0 Å². The molecule has 0 unspecified atom stereocenters. The fourth-order valence-corrected chi connectivity index (χ4v) is 5.95. The van der Waals surface area contributed by atoms with Crippen LogP contribution in [-0.4, -0.2) is 54.8 Å². The van der Waals surface area contributed by atoms with Crippen LogP contribution in [0.25, 0.3) is 0 Å². The van der Waals surface area contributed by atoms with Gasteiger partial charge in [0.2, 0.25) is 15.9 Å². The number of hydrogen-bond donors (Lipinski definition) is 2. The summed E-state index contributed by atoms with van der Waals surface area (Å²) >= 11 is 5.05. The average molecular weight is 509 g/mol. The molecule has 35 heavy (non-hydrogen) atoms. The first-order chi connectivity index (χ1) is 16.8. The monoisotopic (exact) mass is 508 g/mol. The number of thiocarbonyl (C=S) groups is 1. The van der Waals surface area contributed by atoms with E-state index >= 15 is 0 Å². The Kier molecular flexibility index (Phi) is 7.92. The first kappa shape index (κ1) is 25.0. The molecule has 0 saturated carbocycles. The maximum Gasteiger partial charge on any atom is 0.243 e. The smallest absolute Gasteiger partial charge is 0.243 e. The van der Waals surface area contributed by atoms with E-state index in [-0.39, 0.29) is 22.0 Å². The number of nitrogens with one attached hydrogen (secondary N) is 2. The minimum Gasteiger partial charge on any atom is -0.332 e. The van der Waals surface area contributed by atoms with Gasteiger partial charge in [0.1, 0.15) is 0 Å². The standard InChI is InChI=1S/C26H28N4O3S2/c1-20(31)27-26(34)28-23-12-14-24(15-13-23)35(32,33)30-18-16-29(17-19-30)25(21-8-4-2-5-9-21)22-10-6-3-7-11-22/h2-15,25H,16-19H2,1H3,(H2,27,28,31,34). The third-order valence-corrected chi connectivity index (χ3v) is 8.03. The molecule has 0 atom stereocenters. The van der Waals surface area contributed by atoms with E-state index in [9.17, 15) is 13.2 Å². The SMILES string of the molecule is CC(=O)NC(=S)Nc1ccc(S(=O)(=O)N2CCN(C(c3ccccc3)c3ccccc3)CC2)cc1. The molecule has 0 spiro atoms. The van der Waals surface area contributed by atoms with Gasteiger partial charge in [0, 0.05) is 38.8 Å². The van der Waals surface area contributed by atoms with Gasteiger partial charge in [-0.3, -0.25) is 9.69 Å². The Morgan fingerprint density at radius 3 is 1.83 bits per heavy atom. The van der Waals surface area contributed by atoms with E-state index in [0.29, 0.717) is 31.9 Å². The van der Waals surface area contributed by atoms with Crippen molar-refractivity contribution in [3.05, 3.63) is 96.1 Å². The molecule has 1 heterocycles. The fraction of sp³-hybridized carbons (Fsp3) is 0.231. The minimum atomic E-state index is -3.63. The van der Waals surface area contributed by atoms with Crippen LogP contribution in [0.5, 0.6) is 0 Å². The molecule has 3 aromatic rings. The number of benzene rings is 3. The molecule has 1 aliphatic heterocycles. The van der Waals surface area contributed by atoms with Gasteiger partial charge in [-0.05, 0) is 47.6 Å².